The molecule has 0 fully saturated rings. The van der Waals surface area contributed by atoms with Crippen molar-refractivity contribution in [3.05, 3.63) is 63.2 Å². The number of benzene rings is 2. The van der Waals surface area contributed by atoms with Crippen LogP contribution in [0, 0.1) is 10.1 Å². The van der Waals surface area contributed by atoms with E-state index in [0.717, 1.165) is 6.07 Å². The van der Waals surface area contributed by atoms with Crippen molar-refractivity contribution in [1.82, 2.24) is 4.90 Å². The van der Waals surface area contributed by atoms with Crippen molar-refractivity contribution in [2.24, 2.45) is 0 Å². The number of nitrogens with zero attached hydrogens (tertiary/aromatic N) is 2. The first-order valence-corrected chi connectivity index (χ1v) is 8.23. The molecule has 0 aliphatic rings. The van der Waals surface area contributed by atoms with Crippen LogP contribution in [-0.2, 0) is 11.3 Å². The van der Waals surface area contributed by atoms with Gasteiger partial charge < -0.3 is 15.4 Å². The summed E-state index contributed by atoms with van der Waals surface area (Å²) in [5, 5.41) is 10.9. The summed E-state index contributed by atoms with van der Waals surface area (Å²) in [5.74, 6) is -2.18. The molecule has 11 heteroatoms. The average Bonchev–Trinajstić information content (AvgIpc) is 2.62. The van der Waals surface area contributed by atoms with E-state index in [-0.39, 0.29) is 29.6 Å². The third-order valence-electron chi connectivity index (χ3n) is 3.65. The Labute approximate surface area is 162 Å². The van der Waals surface area contributed by atoms with Gasteiger partial charge in [0.2, 0.25) is 0 Å². The molecule has 0 aliphatic heterocycles. The van der Waals surface area contributed by atoms with E-state index in [1.54, 1.807) is 30.3 Å². The average molecular weight is 418 g/mol. The van der Waals surface area contributed by atoms with Crippen LogP contribution < -0.4 is 10.5 Å². The molecule has 0 aromatic heterocycles. The number of rotatable bonds is 7. The maximum absolute atomic E-state index is 12.9. The number of nitro groups is 1. The van der Waals surface area contributed by atoms with Gasteiger partial charge in [-0.05, 0) is 5.56 Å². The Morgan fingerprint density at radius 2 is 1.89 bits per heavy atom. The van der Waals surface area contributed by atoms with Crippen LogP contribution in [-0.4, -0.2) is 35.1 Å². The predicted molar refractivity (Wildman–Crippen MR) is 95.9 cm³/mol. The second-order valence-electron chi connectivity index (χ2n) is 5.65. The topological polar surface area (TPSA) is 98.7 Å². The summed E-state index contributed by atoms with van der Waals surface area (Å²) in [6, 6.07) is 10.3. The third kappa shape index (κ3) is 5.49. The van der Waals surface area contributed by atoms with E-state index in [4.69, 9.17) is 22.1 Å². The molecule has 0 unspecified atom stereocenters. The Bertz CT molecular complexity index is 863. The van der Waals surface area contributed by atoms with Gasteiger partial charge in [0, 0.05) is 18.7 Å². The molecule has 7 nitrogen and oxygen atoms in total. The van der Waals surface area contributed by atoms with Gasteiger partial charge in [-0.15, -0.1) is 0 Å². The van der Waals surface area contributed by atoms with Gasteiger partial charge in [0.25, 0.3) is 5.69 Å². The van der Waals surface area contributed by atoms with Crippen molar-refractivity contribution in [3.63, 3.8) is 0 Å². The van der Waals surface area contributed by atoms with Crippen molar-refractivity contribution >= 4 is 28.9 Å². The molecular weight excluding hydrogens is 403 g/mol. The van der Waals surface area contributed by atoms with E-state index < -0.39 is 29.2 Å². The lowest BCUT2D eigenvalue weighted by Gasteiger charge is -2.24. The summed E-state index contributed by atoms with van der Waals surface area (Å²) in [6.45, 7) is -1.09. The zero-order chi connectivity index (χ0) is 20.9. The molecule has 150 valence electrons. The van der Waals surface area contributed by atoms with Crippen LogP contribution in [0.25, 0.3) is 0 Å². The largest absolute Gasteiger partial charge is 0.489 e. The Hall–Kier alpha value is -3.01. The highest BCUT2D eigenvalue weighted by molar-refractivity contribution is 6.31. The molecule has 0 radical (unpaired) electrons. The molecule has 2 aromatic rings. The van der Waals surface area contributed by atoms with Crippen molar-refractivity contribution in [3.8, 4) is 5.75 Å². The fourth-order valence-corrected chi connectivity index (χ4v) is 2.55. The Kier molecular flexibility index (Phi) is 6.68. The molecule has 0 bridgehead atoms. The number of ether oxygens (including phenoxy) is 1. The number of nitrogen functional groups attached to an aromatic ring is 1. The normalized spacial score (nSPS) is 11.1. The van der Waals surface area contributed by atoms with Gasteiger partial charge in [-0.2, -0.15) is 13.2 Å². The highest BCUT2D eigenvalue weighted by Gasteiger charge is 2.42. The maximum atomic E-state index is 12.9. The van der Waals surface area contributed by atoms with Crippen LogP contribution >= 0.6 is 11.6 Å². The lowest BCUT2D eigenvalue weighted by Crippen LogP contribution is -2.42. The number of amides is 1. The third-order valence-corrected chi connectivity index (χ3v) is 3.86. The number of nitro benzene ring substituents is 1. The Morgan fingerprint density at radius 1 is 1.25 bits per heavy atom. The number of hydrogen-bond donors (Lipinski definition) is 1. The first-order chi connectivity index (χ1) is 13.1. The summed E-state index contributed by atoms with van der Waals surface area (Å²) < 4.78 is 43.9. The van der Waals surface area contributed by atoms with E-state index in [9.17, 15) is 28.1 Å². The Balaban J connectivity index is 2.13. The molecule has 0 heterocycles. The molecule has 0 atom stereocenters. The van der Waals surface area contributed by atoms with E-state index in [2.05, 4.69) is 0 Å². The summed E-state index contributed by atoms with van der Waals surface area (Å²) in [4.78, 5) is 22.4. The van der Waals surface area contributed by atoms with E-state index >= 15 is 0 Å². The first-order valence-electron chi connectivity index (χ1n) is 7.86. The van der Waals surface area contributed by atoms with Gasteiger partial charge in [0.15, 0.2) is 11.4 Å². The van der Waals surface area contributed by atoms with E-state index in [0.29, 0.717) is 10.5 Å². The standard InChI is InChI=1S/C17H15ClF3N3O4/c18-12-8-13(24(26)27)15(22)14(9-12)28-7-6-23(16(25)17(19,20)21)10-11-4-2-1-3-5-11/h1-5,8-9H,6-7,10,22H2. The summed E-state index contributed by atoms with van der Waals surface area (Å²) in [7, 11) is 0. The number of carbonyl (C=O) groups excluding carboxylic acids is 1. The van der Waals surface area contributed by atoms with Gasteiger partial charge in [-0.25, -0.2) is 0 Å². The number of alkyl halides is 3. The molecule has 0 aliphatic carbocycles. The van der Waals surface area contributed by atoms with Gasteiger partial charge in [-0.3, -0.25) is 14.9 Å². The van der Waals surface area contributed by atoms with Crippen molar-refractivity contribution in [2.45, 2.75) is 12.7 Å². The molecule has 28 heavy (non-hydrogen) atoms. The molecular formula is C17H15ClF3N3O4. The van der Waals surface area contributed by atoms with Gasteiger partial charge in [-0.1, -0.05) is 41.9 Å². The minimum atomic E-state index is -5.05. The minimum absolute atomic E-state index is 0.0246. The fraction of sp³-hybridized carbons (Fsp3) is 0.235. The predicted octanol–water partition coefficient (Wildman–Crippen LogP) is 3.80. The number of anilines is 1. The monoisotopic (exact) mass is 417 g/mol. The summed E-state index contributed by atoms with van der Waals surface area (Å²) in [6.07, 6.45) is -5.05. The second-order valence-corrected chi connectivity index (χ2v) is 6.09. The van der Waals surface area contributed by atoms with Crippen LogP contribution in [0.1, 0.15) is 5.56 Å². The van der Waals surface area contributed by atoms with Gasteiger partial charge in [0.1, 0.15) is 6.61 Å². The number of nitrogens with two attached hydrogens (primary N) is 1. The highest BCUT2D eigenvalue weighted by atomic mass is 35.5. The minimum Gasteiger partial charge on any atom is -0.489 e. The molecule has 2 rings (SSSR count). The SMILES string of the molecule is Nc1c(OCCN(Cc2ccccc2)C(=O)C(F)(F)F)cc(Cl)cc1[N+](=O)[O-]. The van der Waals surface area contributed by atoms with Crippen LogP contribution in [0.5, 0.6) is 5.75 Å². The quantitative estimate of drug-likeness (QED) is 0.419. The molecule has 1 amide bonds. The number of halogens is 4. The zero-order valence-electron chi connectivity index (χ0n) is 14.3. The van der Waals surface area contributed by atoms with Crippen molar-refractivity contribution < 1.29 is 27.6 Å². The van der Waals surface area contributed by atoms with Crippen LogP contribution in [0.3, 0.4) is 0 Å². The fourth-order valence-electron chi connectivity index (χ4n) is 2.35. The maximum Gasteiger partial charge on any atom is 0.471 e. The molecule has 2 aromatic carbocycles. The first kappa shape index (κ1) is 21.3. The summed E-state index contributed by atoms with van der Waals surface area (Å²) >= 11 is 5.77. The molecule has 0 saturated heterocycles. The lowest BCUT2D eigenvalue weighted by molar-refractivity contribution is -0.383. The van der Waals surface area contributed by atoms with Gasteiger partial charge in [0.05, 0.1) is 16.5 Å². The van der Waals surface area contributed by atoms with Crippen LogP contribution in [0.15, 0.2) is 42.5 Å². The molecule has 0 spiro atoms. The van der Waals surface area contributed by atoms with E-state index in [1.165, 1.54) is 6.07 Å². The van der Waals surface area contributed by atoms with Crippen LogP contribution in [0.2, 0.25) is 5.02 Å². The molecule has 2 N–H and O–H groups in total. The summed E-state index contributed by atoms with van der Waals surface area (Å²) in [5.41, 5.74) is 5.33. The van der Waals surface area contributed by atoms with Crippen molar-refractivity contribution in [1.29, 1.82) is 0 Å². The molecule has 0 saturated carbocycles. The second kappa shape index (κ2) is 8.79. The van der Waals surface area contributed by atoms with E-state index in [1.807, 2.05) is 0 Å². The smallest absolute Gasteiger partial charge is 0.471 e. The highest BCUT2D eigenvalue weighted by Crippen LogP contribution is 2.35. The van der Waals surface area contributed by atoms with Crippen molar-refractivity contribution in [2.75, 3.05) is 18.9 Å². The van der Waals surface area contributed by atoms with Gasteiger partial charge >= 0.3 is 12.1 Å². The number of hydrogen-bond acceptors (Lipinski definition) is 5. The Morgan fingerprint density at radius 3 is 2.46 bits per heavy atom. The lowest BCUT2D eigenvalue weighted by atomic mass is 10.2. The zero-order valence-corrected chi connectivity index (χ0v) is 15.0. The number of carbonyl (C=O) groups is 1. The van der Waals surface area contributed by atoms with Crippen LogP contribution in [0.4, 0.5) is 24.5 Å².